The van der Waals surface area contributed by atoms with Crippen LogP contribution in [0.4, 0.5) is 0 Å². The highest BCUT2D eigenvalue weighted by molar-refractivity contribution is 5.89. The molecule has 7 heteroatoms. The maximum atomic E-state index is 11.5. The summed E-state index contributed by atoms with van der Waals surface area (Å²) in [6.07, 6.45) is 6.16. The van der Waals surface area contributed by atoms with Crippen molar-refractivity contribution in [1.82, 2.24) is 4.57 Å². The molecule has 0 bridgehead atoms. The minimum Gasteiger partial charge on any atom is -1.00 e. The van der Waals surface area contributed by atoms with E-state index in [1.165, 1.54) is 11.5 Å². The highest BCUT2D eigenvalue weighted by Crippen LogP contribution is 2.13. The van der Waals surface area contributed by atoms with Crippen molar-refractivity contribution in [2.45, 2.75) is 26.8 Å². The standard InChI is InChI=1S/C17H21N2O4.HI/c1-3-22-17(21)15-5-7-16(8-6-15)23-12-4-9-18-10-11-19(13-18)14(2)20;/h5-8,10-11,13H,3-4,9,12H2,1-2H3;1H/q+1;/p-1. The largest absolute Gasteiger partial charge is 1.00 e. The first-order valence-corrected chi connectivity index (χ1v) is 7.58. The van der Waals surface area contributed by atoms with Gasteiger partial charge in [-0.1, -0.05) is 0 Å². The Labute approximate surface area is 158 Å². The van der Waals surface area contributed by atoms with Crippen molar-refractivity contribution in [1.29, 1.82) is 0 Å². The Kier molecular flexibility index (Phi) is 8.45. The number of aromatic nitrogens is 2. The molecule has 0 unspecified atom stereocenters. The summed E-state index contributed by atoms with van der Waals surface area (Å²) in [5, 5.41) is 0. The molecular formula is C17H21IN2O4. The fraction of sp³-hybridized carbons (Fsp3) is 0.353. The van der Waals surface area contributed by atoms with Crippen molar-refractivity contribution in [2.75, 3.05) is 13.2 Å². The molecule has 0 aliphatic carbocycles. The molecule has 0 N–H and O–H groups in total. The summed E-state index contributed by atoms with van der Waals surface area (Å²) < 4.78 is 14.0. The van der Waals surface area contributed by atoms with Gasteiger partial charge in [-0.05, 0) is 31.2 Å². The van der Waals surface area contributed by atoms with Crippen LogP contribution in [0.15, 0.2) is 43.0 Å². The SMILES string of the molecule is CCOC(=O)c1ccc(OCCCn2cc[n+](C(C)=O)c2)cc1.[I-]. The minimum atomic E-state index is -0.328. The lowest BCUT2D eigenvalue weighted by Crippen LogP contribution is -3.00. The third-order valence-electron chi connectivity index (χ3n) is 3.25. The van der Waals surface area contributed by atoms with E-state index in [2.05, 4.69) is 0 Å². The van der Waals surface area contributed by atoms with E-state index in [0.29, 0.717) is 24.5 Å². The predicted octanol–water partition coefficient (Wildman–Crippen LogP) is -0.914. The molecule has 1 aromatic heterocycles. The summed E-state index contributed by atoms with van der Waals surface area (Å²) in [6.45, 7) is 4.98. The lowest BCUT2D eigenvalue weighted by atomic mass is 10.2. The van der Waals surface area contributed by atoms with Crippen LogP contribution in [0.2, 0.25) is 0 Å². The van der Waals surface area contributed by atoms with Gasteiger partial charge < -0.3 is 33.5 Å². The molecule has 6 nitrogen and oxygen atoms in total. The van der Waals surface area contributed by atoms with Gasteiger partial charge in [0, 0.05) is 13.3 Å². The lowest BCUT2D eigenvalue weighted by molar-refractivity contribution is -0.572. The molecule has 0 aliphatic heterocycles. The molecule has 1 aromatic carbocycles. The molecule has 0 spiro atoms. The summed E-state index contributed by atoms with van der Waals surface area (Å²) >= 11 is 0. The number of ether oxygens (including phenoxy) is 2. The molecule has 0 atom stereocenters. The van der Waals surface area contributed by atoms with Crippen LogP contribution in [0.5, 0.6) is 5.75 Å². The van der Waals surface area contributed by atoms with Gasteiger partial charge >= 0.3 is 11.9 Å². The molecule has 1 heterocycles. The third-order valence-corrected chi connectivity index (χ3v) is 3.25. The first-order chi connectivity index (χ1) is 11.1. The highest BCUT2D eigenvalue weighted by atomic mass is 127. The molecule has 2 aromatic rings. The summed E-state index contributed by atoms with van der Waals surface area (Å²) in [6, 6.07) is 6.89. The smallest absolute Gasteiger partial charge is 0.338 e. The number of esters is 1. The quantitative estimate of drug-likeness (QED) is 0.240. The van der Waals surface area contributed by atoms with Gasteiger partial charge in [0.25, 0.3) is 6.33 Å². The van der Waals surface area contributed by atoms with Crippen LogP contribution in [0.3, 0.4) is 0 Å². The van der Waals surface area contributed by atoms with Crippen molar-refractivity contribution in [3.05, 3.63) is 48.5 Å². The Hall–Kier alpha value is -1.90. The maximum Gasteiger partial charge on any atom is 0.338 e. The fourth-order valence-corrected chi connectivity index (χ4v) is 2.05. The van der Waals surface area contributed by atoms with Gasteiger partial charge in [-0.15, -0.1) is 0 Å². The second-order valence-electron chi connectivity index (χ2n) is 5.02. The first kappa shape index (κ1) is 20.1. The number of hydrogen-bond donors (Lipinski definition) is 0. The van der Waals surface area contributed by atoms with Gasteiger partial charge in [-0.25, -0.2) is 14.2 Å². The number of benzene rings is 1. The zero-order valence-corrected chi connectivity index (χ0v) is 15.9. The van der Waals surface area contributed by atoms with Gasteiger partial charge in [-0.3, -0.25) is 0 Å². The minimum absolute atomic E-state index is 0. The molecule has 0 aliphatic rings. The van der Waals surface area contributed by atoms with E-state index in [0.717, 1.165) is 13.0 Å². The van der Waals surface area contributed by atoms with Crippen molar-refractivity contribution in [3.8, 4) is 5.75 Å². The number of nitrogens with zero attached hydrogens (tertiary/aromatic N) is 2. The Balaban J connectivity index is 0.00000288. The van der Waals surface area contributed by atoms with Gasteiger partial charge in [-0.2, -0.15) is 4.57 Å². The zero-order valence-electron chi connectivity index (χ0n) is 13.8. The summed E-state index contributed by atoms with van der Waals surface area (Å²) in [5.74, 6) is 0.372. The topological polar surface area (TPSA) is 61.4 Å². The van der Waals surface area contributed by atoms with Gasteiger partial charge in [0.05, 0.1) is 25.3 Å². The Morgan fingerprint density at radius 1 is 1.21 bits per heavy atom. The average Bonchev–Trinajstić information content (AvgIpc) is 3.01. The van der Waals surface area contributed by atoms with Gasteiger partial charge in [0.2, 0.25) is 0 Å². The fourth-order valence-electron chi connectivity index (χ4n) is 2.05. The maximum absolute atomic E-state index is 11.5. The highest BCUT2D eigenvalue weighted by Gasteiger charge is 2.08. The zero-order chi connectivity index (χ0) is 16.7. The first-order valence-electron chi connectivity index (χ1n) is 7.58. The van der Waals surface area contributed by atoms with Crippen LogP contribution < -0.4 is 33.3 Å². The molecule has 0 saturated heterocycles. The van der Waals surface area contributed by atoms with Crippen LogP contribution in [0.1, 0.15) is 35.4 Å². The molecule has 130 valence electrons. The number of imidazole rings is 1. The van der Waals surface area contributed by atoms with Crippen molar-refractivity contribution < 1.29 is 47.6 Å². The molecule has 0 fully saturated rings. The number of rotatable bonds is 7. The van der Waals surface area contributed by atoms with E-state index in [9.17, 15) is 9.59 Å². The van der Waals surface area contributed by atoms with Crippen LogP contribution >= 0.6 is 0 Å². The van der Waals surface area contributed by atoms with Crippen LogP contribution in [0, 0.1) is 0 Å². The molecular weight excluding hydrogens is 423 g/mol. The summed E-state index contributed by atoms with van der Waals surface area (Å²) in [7, 11) is 0. The van der Waals surface area contributed by atoms with E-state index >= 15 is 0 Å². The number of carbonyl (C=O) groups excluding carboxylic acids is 2. The number of carbonyl (C=O) groups is 2. The molecule has 0 saturated carbocycles. The molecule has 0 radical (unpaired) electrons. The van der Waals surface area contributed by atoms with E-state index in [4.69, 9.17) is 9.47 Å². The number of aryl methyl sites for hydroxylation is 1. The monoisotopic (exact) mass is 444 g/mol. The van der Waals surface area contributed by atoms with E-state index in [1.807, 2.05) is 10.8 Å². The molecule has 2 rings (SSSR count). The van der Waals surface area contributed by atoms with Gasteiger partial charge in [0.1, 0.15) is 18.1 Å². The van der Waals surface area contributed by atoms with E-state index < -0.39 is 0 Å². The Morgan fingerprint density at radius 2 is 1.92 bits per heavy atom. The van der Waals surface area contributed by atoms with Gasteiger partial charge in [0.15, 0.2) is 0 Å². The average molecular weight is 444 g/mol. The predicted molar refractivity (Wildman–Crippen MR) is 83.4 cm³/mol. The Bertz CT molecular complexity index is 667. The van der Waals surface area contributed by atoms with Crippen LogP contribution in [-0.4, -0.2) is 29.7 Å². The number of halogens is 1. The van der Waals surface area contributed by atoms with Crippen molar-refractivity contribution in [2.24, 2.45) is 0 Å². The van der Waals surface area contributed by atoms with Crippen molar-refractivity contribution in [3.63, 3.8) is 0 Å². The molecule has 24 heavy (non-hydrogen) atoms. The normalized spacial score (nSPS) is 9.92. The van der Waals surface area contributed by atoms with E-state index in [-0.39, 0.29) is 35.9 Å². The number of hydrogen-bond acceptors (Lipinski definition) is 4. The summed E-state index contributed by atoms with van der Waals surface area (Å²) in [4.78, 5) is 22.7. The lowest BCUT2D eigenvalue weighted by Gasteiger charge is -2.06. The van der Waals surface area contributed by atoms with Crippen LogP contribution in [0.25, 0.3) is 0 Å². The van der Waals surface area contributed by atoms with Crippen LogP contribution in [-0.2, 0) is 11.3 Å². The summed E-state index contributed by atoms with van der Waals surface area (Å²) in [5.41, 5.74) is 0.514. The second-order valence-corrected chi connectivity index (χ2v) is 5.02. The second kappa shape index (κ2) is 10.1. The van der Waals surface area contributed by atoms with E-state index in [1.54, 1.807) is 43.7 Å². The Morgan fingerprint density at radius 3 is 2.50 bits per heavy atom. The third kappa shape index (κ3) is 5.95. The molecule has 0 amide bonds. The van der Waals surface area contributed by atoms with Crippen molar-refractivity contribution >= 4 is 11.9 Å².